The summed E-state index contributed by atoms with van der Waals surface area (Å²) in [6.45, 7) is 0. The standard InChI is InChI=1S/C17H11F6N5O/c18-16(19,20)10-3-5-13(24-8-10)26-27-15(29)12-2-1-7-28(12)14-6-4-11(9-25-14)17(21,22)23/h1-9H,(H,24,26)(H,27,29). The molecule has 3 rings (SSSR count). The first kappa shape index (κ1) is 20.2. The minimum atomic E-state index is -4.54. The molecule has 0 aliphatic carbocycles. The fourth-order valence-electron chi connectivity index (χ4n) is 2.28. The van der Waals surface area contributed by atoms with E-state index in [2.05, 4.69) is 20.8 Å². The second kappa shape index (κ2) is 7.45. The summed E-state index contributed by atoms with van der Waals surface area (Å²) >= 11 is 0. The van der Waals surface area contributed by atoms with E-state index in [1.54, 1.807) is 0 Å². The van der Waals surface area contributed by atoms with Crippen LogP contribution in [0.2, 0.25) is 0 Å². The summed E-state index contributed by atoms with van der Waals surface area (Å²) in [6, 6.07) is 6.61. The number of aromatic nitrogens is 3. The zero-order chi connectivity index (χ0) is 21.2. The normalized spacial score (nSPS) is 11.9. The minimum absolute atomic E-state index is 0.0247. The Morgan fingerprint density at radius 1 is 0.862 bits per heavy atom. The lowest BCUT2D eigenvalue weighted by atomic mass is 10.3. The highest BCUT2D eigenvalue weighted by atomic mass is 19.4. The second-order valence-corrected chi connectivity index (χ2v) is 5.68. The number of alkyl halides is 6. The first-order valence-electron chi connectivity index (χ1n) is 7.86. The van der Waals surface area contributed by atoms with Gasteiger partial charge >= 0.3 is 12.4 Å². The van der Waals surface area contributed by atoms with Gasteiger partial charge in [0.05, 0.1) is 11.1 Å². The number of hydrazine groups is 1. The molecule has 0 fully saturated rings. The van der Waals surface area contributed by atoms with Crippen LogP contribution in [0.15, 0.2) is 55.0 Å². The van der Waals surface area contributed by atoms with Crippen molar-refractivity contribution in [2.45, 2.75) is 12.4 Å². The number of hydrogen-bond acceptors (Lipinski definition) is 4. The molecule has 152 valence electrons. The number of anilines is 1. The van der Waals surface area contributed by atoms with Crippen LogP contribution in [-0.4, -0.2) is 20.4 Å². The highest BCUT2D eigenvalue weighted by molar-refractivity contribution is 5.93. The van der Waals surface area contributed by atoms with Crippen molar-refractivity contribution >= 4 is 11.7 Å². The molecule has 3 heterocycles. The van der Waals surface area contributed by atoms with Gasteiger partial charge in [0.1, 0.15) is 17.3 Å². The Bertz CT molecular complexity index is 993. The van der Waals surface area contributed by atoms with Crippen molar-refractivity contribution in [3.63, 3.8) is 0 Å². The second-order valence-electron chi connectivity index (χ2n) is 5.68. The fraction of sp³-hybridized carbons (Fsp3) is 0.118. The van der Waals surface area contributed by atoms with Gasteiger partial charge in [-0.2, -0.15) is 26.3 Å². The molecular formula is C17H11F6N5O. The van der Waals surface area contributed by atoms with Crippen LogP contribution in [0.4, 0.5) is 32.2 Å². The lowest BCUT2D eigenvalue weighted by Gasteiger charge is -2.12. The van der Waals surface area contributed by atoms with Gasteiger partial charge in [-0.15, -0.1) is 0 Å². The highest BCUT2D eigenvalue weighted by Crippen LogP contribution is 2.29. The Morgan fingerprint density at radius 3 is 2.00 bits per heavy atom. The number of amides is 1. The summed E-state index contributed by atoms with van der Waals surface area (Å²) in [5.41, 5.74) is 2.74. The van der Waals surface area contributed by atoms with Gasteiger partial charge < -0.3 is 0 Å². The van der Waals surface area contributed by atoms with Crippen LogP contribution in [0.5, 0.6) is 0 Å². The molecule has 0 aromatic carbocycles. The number of carbonyl (C=O) groups excluding carboxylic acids is 1. The van der Waals surface area contributed by atoms with E-state index in [4.69, 9.17) is 0 Å². The van der Waals surface area contributed by atoms with Crippen LogP contribution in [-0.2, 0) is 12.4 Å². The molecule has 1 amide bonds. The van der Waals surface area contributed by atoms with Gasteiger partial charge in [0, 0.05) is 18.6 Å². The molecule has 12 heteroatoms. The Kier molecular flexibility index (Phi) is 5.18. The van der Waals surface area contributed by atoms with E-state index in [0.29, 0.717) is 12.4 Å². The molecule has 0 bridgehead atoms. The summed E-state index contributed by atoms with van der Waals surface area (Å²) in [5, 5.41) is 0. The van der Waals surface area contributed by atoms with Crippen LogP contribution in [0.3, 0.4) is 0 Å². The topological polar surface area (TPSA) is 71.8 Å². The average Bonchev–Trinajstić information content (AvgIpc) is 3.15. The van der Waals surface area contributed by atoms with E-state index in [9.17, 15) is 31.1 Å². The van der Waals surface area contributed by atoms with E-state index in [-0.39, 0.29) is 17.3 Å². The zero-order valence-corrected chi connectivity index (χ0v) is 14.2. The number of nitrogens with one attached hydrogen (secondary N) is 2. The lowest BCUT2D eigenvalue weighted by Crippen LogP contribution is -2.31. The van der Waals surface area contributed by atoms with E-state index in [1.165, 1.54) is 22.9 Å². The molecule has 0 saturated heterocycles. The van der Waals surface area contributed by atoms with Gasteiger partial charge in [0.15, 0.2) is 0 Å². The third-order valence-electron chi connectivity index (χ3n) is 3.70. The predicted octanol–water partition coefficient (Wildman–Crippen LogP) is 4.06. The molecule has 0 atom stereocenters. The van der Waals surface area contributed by atoms with Gasteiger partial charge in [0.25, 0.3) is 5.91 Å². The van der Waals surface area contributed by atoms with Gasteiger partial charge in [-0.3, -0.25) is 20.2 Å². The zero-order valence-electron chi connectivity index (χ0n) is 14.2. The van der Waals surface area contributed by atoms with Crippen LogP contribution in [0, 0.1) is 0 Å². The van der Waals surface area contributed by atoms with Crippen LogP contribution >= 0.6 is 0 Å². The number of halogens is 6. The maximum Gasteiger partial charge on any atom is 0.417 e. The monoisotopic (exact) mass is 415 g/mol. The van der Waals surface area contributed by atoms with Crippen molar-refractivity contribution in [2.24, 2.45) is 0 Å². The molecule has 0 spiro atoms. The molecule has 3 aromatic rings. The third-order valence-corrected chi connectivity index (χ3v) is 3.70. The van der Waals surface area contributed by atoms with Crippen LogP contribution < -0.4 is 10.9 Å². The molecule has 0 unspecified atom stereocenters. The number of nitrogens with zero attached hydrogens (tertiary/aromatic N) is 3. The van der Waals surface area contributed by atoms with Gasteiger partial charge in [-0.05, 0) is 36.4 Å². The minimum Gasteiger partial charge on any atom is -0.297 e. The highest BCUT2D eigenvalue weighted by Gasteiger charge is 2.31. The number of hydrogen-bond donors (Lipinski definition) is 2. The Morgan fingerprint density at radius 2 is 1.48 bits per heavy atom. The Hall–Kier alpha value is -3.57. The Labute approximate surface area is 159 Å². The van der Waals surface area contributed by atoms with E-state index in [1.807, 2.05) is 0 Å². The molecule has 0 aliphatic heterocycles. The van der Waals surface area contributed by atoms with Crippen molar-refractivity contribution in [1.29, 1.82) is 0 Å². The third kappa shape index (κ3) is 4.65. The number of pyridine rings is 2. The van der Waals surface area contributed by atoms with Crippen molar-refractivity contribution in [1.82, 2.24) is 20.0 Å². The van der Waals surface area contributed by atoms with Gasteiger partial charge in [0.2, 0.25) is 0 Å². The van der Waals surface area contributed by atoms with Crippen molar-refractivity contribution < 1.29 is 31.1 Å². The SMILES string of the molecule is O=C(NNc1ccc(C(F)(F)F)cn1)c1cccn1-c1ccc(C(F)(F)F)cn1. The van der Waals surface area contributed by atoms with E-state index in [0.717, 1.165) is 24.3 Å². The molecular weight excluding hydrogens is 404 g/mol. The van der Waals surface area contributed by atoms with Crippen molar-refractivity contribution in [2.75, 3.05) is 5.43 Å². The lowest BCUT2D eigenvalue weighted by molar-refractivity contribution is -0.138. The van der Waals surface area contributed by atoms with Crippen LogP contribution in [0.25, 0.3) is 5.82 Å². The smallest absolute Gasteiger partial charge is 0.297 e. The van der Waals surface area contributed by atoms with Crippen LogP contribution in [0.1, 0.15) is 21.6 Å². The molecule has 29 heavy (non-hydrogen) atoms. The summed E-state index contributed by atoms with van der Waals surface area (Å²) < 4.78 is 76.7. The van der Waals surface area contributed by atoms with E-state index >= 15 is 0 Å². The van der Waals surface area contributed by atoms with Crippen molar-refractivity contribution in [3.05, 3.63) is 71.8 Å². The first-order valence-corrected chi connectivity index (χ1v) is 7.86. The summed E-state index contributed by atoms with van der Waals surface area (Å²) in [7, 11) is 0. The summed E-state index contributed by atoms with van der Waals surface area (Å²) in [5.74, 6) is -0.684. The van der Waals surface area contributed by atoms with Gasteiger partial charge in [-0.25, -0.2) is 9.97 Å². The quantitative estimate of drug-likeness (QED) is 0.498. The maximum absolute atomic E-state index is 12.6. The summed E-state index contributed by atoms with van der Waals surface area (Å²) in [6.07, 6.45) is -6.42. The maximum atomic E-state index is 12.6. The fourth-order valence-corrected chi connectivity index (χ4v) is 2.28. The molecule has 6 nitrogen and oxygen atoms in total. The molecule has 0 radical (unpaired) electrons. The predicted molar refractivity (Wildman–Crippen MR) is 88.9 cm³/mol. The summed E-state index contributed by atoms with van der Waals surface area (Å²) in [4.78, 5) is 19.6. The molecule has 3 aromatic heterocycles. The Balaban J connectivity index is 1.71. The number of rotatable bonds is 4. The van der Waals surface area contributed by atoms with Gasteiger partial charge in [-0.1, -0.05) is 0 Å². The van der Waals surface area contributed by atoms with Crippen molar-refractivity contribution in [3.8, 4) is 5.82 Å². The first-order chi connectivity index (χ1) is 13.6. The van der Waals surface area contributed by atoms with E-state index < -0.39 is 29.4 Å². The average molecular weight is 415 g/mol. The molecule has 2 N–H and O–H groups in total. The molecule has 0 aliphatic rings. The number of carbonyl (C=O) groups is 1. The largest absolute Gasteiger partial charge is 0.417 e. The molecule has 0 saturated carbocycles.